The molecule has 29 heavy (non-hydrogen) atoms. The molecule has 5 rings (SSSR count). The van der Waals surface area contributed by atoms with E-state index in [1.54, 1.807) is 6.20 Å². The van der Waals surface area contributed by atoms with Gasteiger partial charge in [-0.2, -0.15) is 0 Å². The number of rotatable bonds is 4. The van der Waals surface area contributed by atoms with E-state index in [9.17, 15) is 4.79 Å². The van der Waals surface area contributed by atoms with Gasteiger partial charge in [0.15, 0.2) is 5.58 Å². The summed E-state index contributed by atoms with van der Waals surface area (Å²) in [6, 6.07) is 17.5. The SMILES string of the molecule is O=C1c2ccccc2C(Cc2ncccc2Br)N1Cc1ccc2[nH]c(=S)oc2c1. The highest BCUT2D eigenvalue weighted by atomic mass is 79.9. The van der Waals surface area contributed by atoms with Crippen LogP contribution in [0.25, 0.3) is 11.1 Å². The smallest absolute Gasteiger partial charge is 0.266 e. The normalized spacial score (nSPS) is 15.8. The Balaban J connectivity index is 1.53. The summed E-state index contributed by atoms with van der Waals surface area (Å²) in [6.45, 7) is 0.478. The summed E-state index contributed by atoms with van der Waals surface area (Å²) in [6.07, 6.45) is 2.41. The number of aromatic nitrogens is 2. The quantitative estimate of drug-likeness (QED) is 0.399. The van der Waals surface area contributed by atoms with Crippen LogP contribution < -0.4 is 0 Å². The highest BCUT2D eigenvalue weighted by Gasteiger charge is 2.36. The third-order valence-electron chi connectivity index (χ3n) is 5.25. The van der Waals surface area contributed by atoms with Crippen molar-refractivity contribution < 1.29 is 9.21 Å². The Kier molecular flexibility index (Phi) is 4.56. The Morgan fingerprint density at radius 1 is 1.17 bits per heavy atom. The number of oxazole rings is 1. The zero-order valence-corrected chi connectivity index (χ0v) is 17.7. The summed E-state index contributed by atoms with van der Waals surface area (Å²) in [5, 5.41) is 0. The Morgan fingerprint density at radius 2 is 2.03 bits per heavy atom. The molecule has 2 aromatic heterocycles. The van der Waals surface area contributed by atoms with Crippen LogP contribution in [0.4, 0.5) is 0 Å². The fraction of sp³-hybridized carbons (Fsp3) is 0.136. The van der Waals surface area contributed by atoms with E-state index < -0.39 is 0 Å². The highest BCUT2D eigenvalue weighted by Crippen LogP contribution is 2.38. The summed E-state index contributed by atoms with van der Waals surface area (Å²) in [5.41, 5.74) is 5.25. The molecule has 0 saturated heterocycles. The number of hydrogen-bond donors (Lipinski definition) is 1. The molecule has 3 heterocycles. The number of nitrogens with zero attached hydrogens (tertiary/aromatic N) is 2. The van der Waals surface area contributed by atoms with Crippen molar-refractivity contribution in [3.8, 4) is 0 Å². The maximum Gasteiger partial charge on any atom is 0.266 e. The molecule has 5 nitrogen and oxygen atoms in total. The van der Waals surface area contributed by atoms with Crippen LogP contribution in [0.1, 0.15) is 33.2 Å². The van der Waals surface area contributed by atoms with Gasteiger partial charge in [-0.25, -0.2) is 0 Å². The van der Waals surface area contributed by atoms with Gasteiger partial charge >= 0.3 is 0 Å². The molecule has 4 aromatic rings. The number of hydrogen-bond acceptors (Lipinski definition) is 4. The maximum absolute atomic E-state index is 13.2. The van der Waals surface area contributed by atoms with E-state index >= 15 is 0 Å². The van der Waals surface area contributed by atoms with E-state index in [4.69, 9.17) is 16.6 Å². The lowest BCUT2D eigenvalue weighted by atomic mass is 10.0. The zero-order valence-electron chi connectivity index (χ0n) is 15.3. The molecule has 1 unspecified atom stereocenters. The predicted octanol–water partition coefficient (Wildman–Crippen LogP) is 5.59. The molecule has 0 saturated carbocycles. The number of carbonyl (C=O) groups excluding carboxylic acids is 1. The first-order chi connectivity index (χ1) is 14.1. The molecule has 1 amide bonds. The van der Waals surface area contributed by atoms with Crippen LogP contribution in [0.3, 0.4) is 0 Å². The second-order valence-electron chi connectivity index (χ2n) is 7.02. The minimum absolute atomic E-state index is 0.0349. The minimum atomic E-state index is -0.0849. The number of pyridine rings is 1. The Hall–Kier alpha value is -2.77. The second-order valence-corrected chi connectivity index (χ2v) is 8.24. The number of nitrogens with one attached hydrogen (secondary N) is 1. The van der Waals surface area contributed by atoms with Gasteiger partial charge in [-0.05, 0) is 69.6 Å². The third kappa shape index (κ3) is 3.30. The van der Waals surface area contributed by atoms with Crippen molar-refractivity contribution in [3.63, 3.8) is 0 Å². The lowest BCUT2D eigenvalue weighted by molar-refractivity contribution is 0.0708. The fourth-order valence-electron chi connectivity index (χ4n) is 3.89. The average Bonchev–Trinajstić information content (AvgIpc) is 3.21. The van der Waals surface area contributed by atoms with E-state index in [-0.39, 0.29) is 11.9 Å². The van der Waals surface area contributed by atoms with Gasteiger partial charge in [0.25, 0.3) is 10.7 Å². The van der Waals surface area contributed by atoms with Crippen molar-refractivity contribution in [3.05, 3.63) is 92.5 Å². The van der Waals surface area contributed by atoms with Crippen molar-refractivity contribution in [1.82, 2.24) is 14.9 Å². The molecule has 0 radical (unpaired) electrons. The van der Waals surface area contributed by atoms with Crippen LogP contribution in [-0.2, 0) is 13.0 Å². The van der Waals surface area contributed by atoms with E-state index in [0.717, 1.165) is 32.4 Å². The Bertz CT molecular complexity index is 1300. The van der Waals surface area contributed by atoms with Gasteiger partial charge in [-0.15, -0.1) is 0 Å². The Labute approximate surface area is 180 Å². The van der Waals surface area contributed by atoms with Crippen molar-refractivity contribution in [2.75, 3.05) is 0 Å². The largest absolute Gasteiger partial charge is 0.429 e. The summed E-state index contributed by atoms with van der Waals surface area (Å²) in [5.74, 6) is 0.0349. The molecule has 0 aliphatic carbocycles. The van der Waals surface area contributed by atoms with Crippen LogP contribution >= 0.6 is 28.1 Å². The number of benzene rings is 2. The van der Waals surface area contributed by atoms with Crippen LogP contribution in [0.5, 0.6) is 0 Å². The van der Waals surface area contributed by atoms with Gasteiger partial charge in [0, 0.05) is 29.2 Å². The predicted molar refractivity (Wildman–Crippen MR) is 116 cm³/mol. The third-order valence-corrected chi connectivity index (χ3v) is 6.15. The van der Waals surface area contributed by atoms with Crippen LogP contribution in [0.15, 0.2) is 69.7 Å². The molecule has 1 N–H and O–H groups in total. The van der Waals surface area contributed by atoms with Gasteiger partial charge in [-0.3, -0.25) is 9.78 Å². The second kappa shape index (κ2) is 7.24. The monoisotopic (exact) mass is 465 g/mol. The standard InChI is InChI=1S/C22H16BrN3O2S/c23-16-6-3-9-24-18(16)11-19-14-4-1-2-5-15(14)21(27)26(19)12-13-7-8-17-20(10-13)28-22(29)25-17/h1-10,19H,11-12H2,(H,25,29). The van der Waals surface area contributed by atoms with E-state index in [1.807, 2.05) is 59.5 Å². The highest BCUT2D eigenvalue weighted by molar-refractivity contribution is 9.10. The summed E-state index contributed by atoms with van der Waals surface area (Å²) >= 11 is 8.65. The zero-order chi connectivity index (χ0) is 20.0. The molecule has 1 aliphatic heterocycles. The number of aromatic amines is 1. The molecule has 7 heteroatoms. The van der Waals surface area contributed by atoms with Gasteiger partial charge in [0.1, 0.15) is 0 Å². The first-order valence-corrected chi connectivity index (χ1v) is 10.4. The number of H-pyrrole nitrogens is 1. The van der Waals surface area contributed by atoms with Crippen molar-refractivity contribution in [2.45, 2.75) is 19.0 Å². The maximum atomic E-state index is 13.2. The molecule has 0 spiro atoms. The topological polar surface area (TPSA) is 62.1 Å². The van der Waals surface area contributed by atoms with Gasteiger partial charge in [-0.1, -0.05) is 24.3 Å². The van der Waals surface area contributed by atoms with Crippen molar-refractivity contribution in [1.29, 1.82) is 0 Å². The molecule has 1 atom stereocenters. The van der Waals surface area contributed by atoms with E-state index in [2.05, 4.69) is 25.9 Å². The Morgan fingerprint density at radius 3 is 2.90 bits per heavy atom. The van der Waals surface area contributed by atoms with Crippen molar-refractivity contribution >= 4 is 45.2 Å². The fourth-order valence-corrected chi connectivity index (χ4v) is 4.50. The van der Waals surface area contributed by atoms with Gasteiger partial charge in [0.05, 0.1) is 17.3 Å². The lowest BCUT2D eigenvalue weighted by Gasteiger charge is -2.25. The van der Waals surface area contributed by atoms with E-state index in [0.29, 0.717) is 23.4 Å². The summed E-state index contributed by atoms with van der Waals surface area (Å²) in [4.78, 5) is 23.0. The first kappa shape index (κ1) is 18.3. The van der Waals surface area contributed by atoms with Gasteiger partial charge < -0.3 is 14.3 Å². The number of amides is 1. The molecular formula is C22H16BrN3O2S. The van der Waals surface area contributed by atoms with Crippen LogP contribution in [-0.4, -0.2) is 20.8 Å². The van der Waals surface area contributed by atoms with Crippen LogP contribution in [0, 0.1) is 4.84 Å². The van der Waals surface area contributed by atoms with E-state index in [1.165, 1.54) is 0 Å². The minimum Gasteiger partial charge on any atom is -0.429 e. The number of halogens is 1. The molecule has 144 valence electrons. The van der Waals surface area contributed by atoms with Crippen molar-refractivity contribution in [2.24, 2.45) is 0 Å². The molecule has 1 aliphatic rings. The number of carbonyl (C=O) groups is 1. The molecular weight excluding hydrogens is 450 g/mol. The average molecular weight is 466 g/mol. The molecule has 0 bridgehead atoms. The van der Waals surface area contributed by atoms with Gasteiger partial charge in [0.2, 0.25) is 0 Å². The van der Waals surface area contributed by atoms with Crippen LogP contribution in [0.2, 0.25) is 0 Å². The molecule has 0 fully saturated rings. The summed E-state index contributed by atoms with van der Waals surface area (Å²) in [7, 11) is 0. The summed E-state index contributed by atoms with van der Waals surface area (Å²) < 4.78 is 6.49. The number of fused-ring (bicyclic) bond motifs is 2. The lowest BCUT2D eigenvalue weighted by Crippen LogP contribution is -2.29. The first-order valence-electron chi connectivity index (χ1n) is 9.21. The molecule has 2 aromatic carbocycles.